The molecule has 0 saturated carbocycles. The van der Waals surface area contributed by atoms with E-state index in [9.17, 15) is 14.4 Å². The van der Waals surface area contributed by atoms with E-state index in [0.717, 1.165) is 31.7 Å². The normalized spacial score (nSPS) is 22.1. The lowest BCUT2D eigenvalue weighted by Crippen LogP contribution is -2.58. The molecule has 3 aliphatic rings. The molecule has 1 aromatic heterocycles. The van der Waals surface area contributed by atoms with Crippen molar-refractivity contribution < 1.29 is 9.59 Å². The standard InChI is InChI=1S/C31H41N5O3/c1-23(2)18-27(30(38)34-16-14-33(15-17-34)13-7-10-24-8-4-3-5-9-24)32-31(39)35-20-25-19-26(22-35)28-11-6-12-29(37)36(28)21-25/h3-12,23,25-27H,13-22H2,1-2H3,(H,32,39). The lowest BCUT2D eigenvalue weighted by Gasteiger charge is -2.43. The zero-order chi connectivity index (χ0) is 27.4. The number of hydrogen-bond donors (Lipinski definition) is 1. The molecule has 1 N–H and O–H groups in total. The molecule has 8 heteroatoms. The average Bonchev–Trinajstić information content (AvgIpc) is 2.93. The number of carbonyl (C=O) groups excluding carboxylic acids is 2. The molecule has 3 aliphatic heterocycles. The number of nitrogens with zero attached hydrogens (tertiary/aromatic N) is 4. The fourth-order valence-electron chi connectivity index (χ4n) is 6.27. The fraction of sp³-hybridized carbons (Fsp3) is 0.516. The maximum absolute atomic E-state index is 13.6. The molecule has 2 fully saturated rings. The molecule has 39 heavy (non-hydrogen) atoms. The maximum atomic E-state index is 13.6. The molecule has 1 aromatic carbocycles. The summed E-state index contributed by atoms with van der Waals surface area (Å²) in [7, 11) is 0. The smallest absolute Gasteiger partial charge is 0.318 e. The van der Waals surface area contributed by atoms with E-state index in [1.165, 1.54) is 5.56 Å². The van der Waals surface area contributed by atoms with Crippen molar-refractivity contribution in [2.75, 3.05) is 45.8 Å². The number of nitrogens with one attached hydrogen (secondary N) is 1. The van der Waals surface area contributed by atoms with E-state index in [-0.39, 0.29) is 35.3 Å². The van der Waals surface area contributed by atoms with E-state index in [2.05, 4.69) is 48.3 Å². The van der Waals surface area contributed by atoms with Crippen LogP contribution in [0.25, 0.3) is 6.08 Å². The summed E-state index contributed by atoms with van der Waals surface area (Å²) in [5.74, 6) is 0.708. The number of amides is 3. The molecule has 2 saturated heterocycles. The van der Waals surface area contributed by atoms with Crippen LogP contribution in [-0.2, 0) is 11.3 Å². The Labute approximate surface area is 231 Å². The number of fused-ring (bicyclic) bond motifs is 4. The van der Waals surface area contributed by atoms with Crippen molar-refractivity contribution in [3.8, 4) is 0 Å². The van der Waals surface area contributed by atoms with Gasteiger partial charge in [0.1, 0.15) is 6.04 Å². The Hall–Kier alpha value is -3.39. The van der Waals surface area contributed by atoms with Gasteiger partial charge in [0.25, 0.3) is 5.56 Å². The van der Waals surface area contributed by atoms with Gasteiger partial charge in [-0.2, -0.15) is 0 Å². The van der Waals surface area contributed by atoms with Crippen molar-refractivity contribution in [3.63, 3.8) is 0 Å². The van der Waals surface area contributed by atoms with Crippen LogP contribution in [0.5, 0.6) is 0 Å². The number of urea groups is 1. The molecule has 0 aliphatic carbocycles. The van der Waals surface area contributed by atoms with E-state index in [0.29, 0.717) is 39.1 Å². The number of aromatic nitrogens is 1. The zero-order valence-electron chi connectivity index (χ0n) is 23.2. The molecular formula is C31H41N5O3. The second-order valence-electron chi connectivity index (χ2n) is 11.7. The first-order chi connectivity index (χ1) is 18.9. The number of piperazine rings is 1. The predicted molar refractivity (Wildman–Crippen MR) is 153 cm³/mol. The van der Waals surface area contributed by atoms with Gasteiger partial charge in [-0.3, -0.25) is 14.5 Å². The van der Waals surface area contributed by atoms with Crippen molar-refractivity contribution in [2.45, 2.75) is 45.2 Å². The molecular weight excluding hydrogens is 490 g/mol. The molecule has 3 unspecified atom stereocenters. The van der Waals surface area contributed by atoms with Gasteiger partial charge in [0, 0.05) is 70.0 Å². The third kappa shape index (κ3) is 6.61. The second-order valence-corrected chi connectivity index (χ2v) is 11.7. The Morgan fingerprint density at radius 1 is 0.949 bits per heavy atom. The topological polar surface area (TPSA) is 77.9 Å². The summed E-state index contributed by atoms with van der Waals surface area (Å²) in [5, 5.41) is 3.11. The van der Waals surface area contributed by atoms with Crippen LogP contribution < -0.4 is 10.9 Å². The summed E-state index contributed by atoms with van der Waals surface area (Å²) in [6.07, 6.45) is 5.92. The summed E-state index contributed by atoms with van der Waals surface area (Å²) in [6.45, 7) is 9.84. The van der Waals surface area contributed by atoms with Crippen molar-refractivity contribution in [3.05, 3.63) is 76.2 Å². The van der Waals surface area contributed by atoms with E-state index in [4.69, 9.17) is 0 Å². The summed E-state index contributed by atoms with van der Waals surface area (Å²) < 4.78 is 1.87. The van der Waals surface area contributed by atoms with Gasteiger partial charge in [0.15, 0.2) is 0 Å². The number of benzene rings is 1. The number of hydrogen-bond acceptors (Lipinski definition) is 4. The lowest BCUT2D eigenvalue weighted by atomic mass is 9.83. The van der Waals surface area contributed by atoms with Crippen LogP contribution in [-0.4, -0.2) is 83.1 Å². The van der Waals surface area contributed by atoms with Gasteiger partial charge in [0.05, 0.1) is 0 Å². The third-order valence-corrected chi connectivity index (χ3v) is 8.23. The highest BCUT2D eigenvalue weighted by Crippen LogP contribution is 2.35. The van der Waals surface area contributed by atoms with Crippen molar-refractivity contribution >= 4 is 18.0 Å². The van der Waals surface area contributed by atoms with Gasteiger partial charge in [-0.1, -0.05) is 62.4 Å². The molecule has 0 spiro atoms. The van der Waals surface area contributed by atoms with Crippen LogP contribution in [0, 0.1) is 11.8 Å². The molecule has 4 heterocycles. The Kier molecular flexibility index (Phi) is 8.50. The van der Waals surface area contributed by atoms with Gasteiger partial charge >= 0.3 is 6.03 Å². The SMILES string of the molecule is CC(C)CC(NC(=O)N1CC2CC(C1)c1cccc(=O)n1C2)C(=O)N1CCN(CC=Cc2ccccc2)CC1. The molecule has 208 valence electrons. The van der Waals surface area contributed by atoms with Crippen LogP contribution in [0.3, 0.4) is 0 Å². The van der Waals surface area contributed by atoms with Gasteiger partial charge in [0.2, 0.25) is 5.91 Å². The summed E-state index contributed by atoms with van der Waals surface area (Å²) in [6, 6.07) is 15.0. The minimum atomic E-state index is -0.529. The first-order valence-corrected chi connectivity index (χ1v) is 14.4. The average molecular weight is 532 g/mol. The number of piperidine rings is 1. The van der Waals surface area contributed by atoms with Crippen molar-refractivity contribution in [1.82, 2.24) is 24.6 Å². The molecule has 2 aromatic rings. The number of rotatable bonds is 7. The Balaban J connectivity index is 1.16. The van der Waals surface area contributed by atoms with E-state index in [1.54, 1.807) is 6.07 Å². The fourth-order valence-corrected chi connectivity index (χ4v) is 6.27. The highest BCUT2D eigenvalue weighted by Gasteiger charge is 2.37. The van der Waals surface area contributed by atoms with Crippen LogP contribution in [0.1, 0.15) is 43.9 Å². The third-order valence-electron chi connectivity index (χ3n) is 8.23. The number of pyridine rings is 1. The van der Waals surface area contributed by atoms with Crippen LogP contribution >= 0.6 is 0 Å². The first-order valence-electron chi connectivity index (χ1n) is 14.4. The predicted octanol–water partition coefficient (Wildman–Crippen LogP) is 3.25. The summed E-state index contributed by atoms with van der Waals surface area (Å²) >= 11 is 0. The van der Waals surface area contributed by atoms with Gasteiger partial charge in [-0.25, -0.2) is 4.79 Å². The molecule has 3 amide bonds. The van der Waals surface area contributed by atoms with Crippen LogP contribution in [0.15, 0.2) is 59.4 Å². The molecule has 5 rings (SSSR count). The monoisotopic (exact) mass is 531 g/mol. The minimum absolute atomic E-state index is 0.0191. The summed E-state index contributed by atoms with van der Waals surface area (Å²) in [5.41, 5.74) is 2.24. The van der Waals surface area contributed by atoms with Gasteiger partial charge < -0.3 is 19.7 Å². The molecule has 3 atom stereocenters. The quantitative estimate of drug-likeness (QED) is 0.595. The minimum Gasteiger partial charge on any atom is -0.338 e. The van der Waals surface area contributed by atoms with Crippen molar-refractivity contribution in [2.24, 2.45) is 11.8 Å². The number of likely N-dealkylation sites (tertiary alicyclic amines) is 1. The highest BCUT2D eigenvalue weighted by atomic mass is 16.2. The highest BCUT2D eigenvalue weighted by molar-refractivity contribution is 5.87. The van der Waals surface area contributed by atoms with E-state index in [1.807, 2.05) is 44.7 Å². The van der Waals surface area contributed by atoms with E-state index >= 15 is 0 Å². The molecule has 2 bridgehead atoms. The van der Waals surface area contributed by atoms with E-state index < -0.39 is 6.04 Å². The van der Waals surface area contributed by atoms with Crippen LogP contribution in [0.4, 0.5) is 4.79 Å². The summed E-state index contributed by atoms with van der Waals surface area (Å²) in [4.78, 5) is 45.5. The number of carbonyl (C=O) groups is 2. The Morgan fingerprint density at radius 2 is 1.72 bits per heavy atom. The molecule has 0 radical (unpaired) electrons. The largest absolute Gasteiger partial charge is 0.338 e. The first kappa shape index (κ1) is 27.2. The molecule has 8 nitrogen and oxygen atoms in total. The Bertz CT molecular complexity index is 1230. The zero-order valence-corrected chi connectivity index (χ0v) is 23.2. The van der Waals surface area contributed by atoms with Gasteiger partial charge in [-0.05, 0) is 36.3 Å². The van der Waals surface area contributed by atoms with Gasteiger partial charge in [-0.15, -0.1) is 0 Å². The van der Waals surface area contributed by atoms with Crippen molar-refractivity contribution in [1.29, 1.82) is 0 Å². The maximum Gasteiger partial charge on any atom is 0.318 e. The lowest BCUT2D eigenvalue weighted by molar-refractivity contribution is -0.135. The Morgan fingerprint density at radius 3 is 2.46 bits per heavy atom. The van der Waals surface area contributed by atoms with Crippen LogP contribution in [0.2, 0.25) is 0 Å². The second kappa shape index (κ2) is 12.2.